The van der Waals surface area contributed by atoms with Crippen molar-refractivity contribution in [3.05, 3.63) is 48.5 Å². The molecule has 0 saturated carbocycles. The Morgan fingerprint density at radius 3 is 2.76 bits per heavy atom. The summed E-state index contributed by atoms with van der Waals surface area (Å²) < 4.78 is 2.10. The Hall–Kier alpha value is -0.690. The van der Waals surface area contributed by atoms with Crippen molar-refractivity contribution >= 4 is 54.8 Å². The summed E-state index contributed by atoms with van der Waals surface area (Å²) in [6, 6.07) is 7.94. The van der Waals surface area contributed by atoms with E-state index in [0.29, 0.717) is 6.42 Å². The zero-order valence-corrected chi connectivity index (χ0v) is 15.1. The number of amides is 1. The molecule has 110 valence electrons. The Labute approximate surface area is 144 Å². The van der Waals surface area contributed by atoms with Crippen LogP contribution in [0.1, 0.15) is 35.6 Å². The van der Waals surface area contributed by atoms with Gasteiger partial charge in [0.2, 0.25) is 5.91 Å². The van der Waals surface area contributed by atoms with Gasteiger partial charge in [-0.3, -0.25) is 4.79 Å². The van der Waals surface area contributed by atoms with Crippen molar-refractivity contribution in [2.24, 2.45) is 5.73 Å². The van der Waals surface area contributed by atoms with Gasteiger partial charge in [0.05, 0.1) is 13.6 Å². The fraction of sp³-hybridized carbons (Fsp3) is 0.267. The zero-order chi connectivity index (χ0) is 15.0. The number of benzene rings is 1. The van der Waals surface area contributed by atoms with Crippen molar-refractivity contribution in [1.82, 2.24) is 0 Å². The molecule has 1 atom stereocenters. The number of halogens is 2. The molecule has 0 spiro atoms. The fourth-order valence-electron chi connectivity index (χ4n) is 2.53. The quantitative estimate of drug-likeness (QED) is 0.732. The van der Waals surface area contributed by atoms with E-state index in [0.717, 1.165) is 37.2 Å². The smallest absolute Gasteiger partial charge is 0.224 e. The highest BCUT2D eigenvalue weighted by Crippen LogP contribution is 2.37. The summed E-state index contributed by atoms with van der Waals surface area (Å²) in [5, 5.41) is 2.95. The first-order valence-electron chi connectivity index (χ1n) is 6.67. The molecule has 1 aromatic carbocycles. The zero-order valence-electron chi connectivity index (χ0n) is 11.2. The topological polar surface area (TPSA) is 55.1 Å². The number of aryl methyl sites for hydroxylation is 1. The average molecular weight is 430 g/mol. The second kappa shape index (κ2) is 6.20. The monoisotopic (exact) mass is 428 g/mol. The Balaban J connectivity index is 1.95. The number of carbonyl (C=O) groups is 1. The van der Waals surface area contributed by atoms with E-state index in [1.54, 1.807) is 11.3 Å². The highest BCUT2D eigenvalue weighted by Gasteiger charge is 2.18. The average Bonchev–Trinajstić information content (AvgIpc) is 2.67. The number of fused-ring (bicyclic) bond motifs is 1. The molecule has 1 aromatic heterocycles. The van der Waals surface area contributed by atoms with E-state index < -0.39 is 0 Å². The first kappa shape index (κ1) is 15.2. The molecule has 6 heteroatoms. The van der Waals surface area contributed by atoms with Gasteiger partial charge in [-0.1, -0.05) is 12.1 Å². The van der Waals surface area contributed by atoms with Crippen LogP contribution in [0, 0.1) is 0 Å². The third-order valence-electron chi connectivity index (χ3n) is 3.63. The van der Waals surface area contributed by atoms with Crippen molar-refractivity contribution in [2.75, 3.05) is 5.32 Å². The molecule has 1 amide bonds. The van der Waals surface area contributed by atoms with Gasteiger partial charge in [0, 0.05) is 12.1 Å². The summed E-state index contributed by atoms with van der Waals surface area (Å²) in [5.41, 5.74) is 10.6. The highest BCUT2D eigenvalue weighted by molar-refractivity contribution is 9.12. The second-order valence-corrected chi connectivity index (χ2v) is 8.82. The largest absolute Gasteiger partial charge is 0.326 e. The Kier molecular flexibility index (Phi) is 4.49. The minimum Gasteiger partial charge on any atom is -0.326 e. The maximum atomic E-state index is 11.6. The van der Waals surface area contributed by atoms with E-state index in [2.05, 4.69) is 43.2 Å². The predicted molar refractivity (Wildman–Crippen MR) is 93.8 cm³/mol. The lowest BCUT2D eigenvalue weighted by Gasteiger charge is -2.15. The Morgan fingerprint density at radius 1 is 1.24 bits per heavy atom. The number of hydrogen-bond acceptors (Lipinski definition) is 3. The summed E-state index contributed by atoms with van der Waals surface area (Å²) in [4.78, 5) is 11.6. The molecule has 0 fully saturated rings. The minimum absolute atomic E-state index is 0.0929. The molecule has 3 nitrogen and oxygen atoms in total. The Bertz CT molecular complexity index is 699. The first-order chi connectivity index (χ1) is 10.0. The molecule has 1 aliphatic heterocycles. The Morgan fingerprint density at radius 2 is 2.05 bits per heavy atom. The van der Waals surface area contributed by atoms with Gasteiger partial charge in [-0.05, 0) is 73.5 Å². The summed E-state index contributed by atoms with van der Waals surface area (Å²) >= 11 is 8.67. The van der Waals surface area contributed by atoms with Gasteiger partial charge in [-0.2, -0.15) is 0 Å². The molecule has 0 saturated heterocycles. The van der Waals surface area contributed by atoms with Crippen molar-refractivity contribution < 1.29 is 4.79 Å². The van der Waals surface area contributed by atoms with E-state index in [-0.39, 0.29) is 11.9 Å². The third-order valence-corrected chi connectivity index (χ3v) is 6.02. The summed E-state index contributed by atoms with van der Waals surface area (Å²) in [6.45, 7) is 0. The lowest BCUT2D eigenvalue weighted by Crippen LogP contribution is -2.13. The lowest BCUT2D eigenvalue weighted by atomic mass is 9.97. The molecule has 1 unspecified atom stereocenters. The van der Waals surface area contributed by atoms with E-state index in [1.807, 2.05) is 18.2 Å². The second-order valence-electron chi connectivity index (χ2n) is 5.08. The highest BCUT2D eigenvalue weighted by atomic mass is 79.9. The number of carbonyl (C=O) groups excluding carboxylic acids is 1. The van der Waals surface area contributed by atoms with Crippen LogP contribution in [0.25, 0.3) is 0 Å². The third kappa shape index (κ3) is 3.23. The molecule has 2 aromatic rings. The van der Waals surface area contributed by atoms with Crippen LogP contribution < -0.4 is 11.1 Å². The van der Waals surface area contributed by atoms with Crippen LogP contribution in [0.15, 0.2) is 31.8 Å². The molecule has 2 heterocycles. The minimum atomic E-state index is -0.175. The van der Waals surface area contributed by atoms with Crippen LogP contribution in [0.2, 0.25) is 0 Å². The summed E-state index contributed by atoms with van der Waals surface area (Å²) in [7, 11) is 0. The number of anilines is 1. The normalized spacial score (nSPS) is 16.0. The van der Waals surface area contributed by atoms with E-state index in [4.69, 9.17) is 5.73 Å². The maximum Gasteiger partial charge on any atom is 0.224 e. The fourth-order valence-corrected chi connectivity index (χ4v) is 5.46. The molecule has 3 rings (SSSR count). The van der Waals surface area contributed by atoms with E-state index in [9.17, 15) is 4.79 Å². The molecule has 21 heavy (non-hydrogen) atoms. The lowest BCUT2D eigenvalue weighted by molar-refractivity contribution is -0.116. The van der Waals surface area contributed by atoms with Crippen LogP contribution >= 0.6 is 43.2 Å². The molecule has 3 N–H and O–H groups in total. The molecule has 0 bridgehead atoms. The van der Waals surface area contributed by atoms with Gasteiger partial charge in [0.15, 0.2) is 0 Å². The predicted octanol–water partition coefficient (Wildman–Crippen LogP) is 4.60. The summed E-state index contributed by atoms with van der Waals surface area (Å²) in [6.07, 6.45) is 2.37. The maximum absolute atomic E-state index is 11.6. The van der Waals surface area contributed by atoms with Gasteiger partial charge in [0.1, 0.15) is 0 Å². The van der Waals surface area contributed by atoms with Crippen molar-refractivity contribution in [3.63, 3.8) is 0 Å². The molecule has 0 aliphatic carbocycles. The van der Waals surface area contributed by atoms with Crippen LogP contribution in [-0.4, -0.2) is 5.91 Å². The van der Waals surface area contributed by atoms with Gasteiger partial charge >= 0.3 is 0 Å². The standard InChI is InChI=1S/C15H14Br2N2OS/c16-12-7-10(15(17)21-12)14(18)9-4-5-11-8(6-9)2-1-3-13(20)19-11/h4-7,14H,1-3,18H2,(H,19,20). The number of nitrogens with two attached hydrogens (primary N) is 1. The van der Waals surface area contributed by atoms with E-state index in [1.165, 1.54) is 5.56 Å². The van der Waals surface area contributed by atoms with Gasteiger partial charge < -0.3 is 11.1 Å². The number of rotatable bonds is 2. The van der Waals surface area contributed by atoms with Crippen molar-refractivity contribution in [3.8, 4) is 0 Å². The molecule has 0 radical (unpaired) electrons. The first-order valence-corrected chi connectivity index (χ1v) is 9.08. The number of hydrogen-bond donors (Lipinski definition) is 2. The van der Waals surface area contributed by atoms with Crippen molar-refractivity contribution in [1.29, 1.82) is 0 Å². The SMILES string of the molecule is NC(c1ccc2c(c1)CCCC(=O)N2)c1cc(Br)sc1Br. The van der Waals surface area contributed by atoms with Gasteiger partial charge in [-0.25, -0.2) is 0 Å². The van der Waals surface area contributed by atoms with Gasteiger partial charge in [0.25, 0.3) is 0 Å². The van der Waals surface area contributed by atoms with Crippen LogP contribution in [0.5, 0.6) is 0 Å². The molecule has 1 aliphatic rings. The molecular formula is C15H14Br2N2OS. The summed E-state index contributed by atoms with van der Waals surface area (Å²) in [5.74, 6) is 0.0929. The number of thiophene rings is 1. The van der Waals surface area contributed by atoms with E-state index >= 15 is 0 Å². The van der Waals surface area contributed by atoms with Crippen molar-refractivity contribution in [2.45, 2.75) is 25.3 Å². The van der Waals surface area contributed by atoms with Crippen LogP contribution in [0.4, 0.5) is 5.69 Å². The van der Waals surface area contributed by atoms with Gasteiger partial charge in [-0.15, -0.1) is 11.3 Å². The van der Waals surface area contributed by atoms with Crippen LogP contribution in [-0.2, 0) is 11.2 Å². The number of nitrogens with one attached hydrogen (secondary N) is 1. The molecular weight excluding hydrogens is 416 g/mol. The van der Waals surface area contributed by atoms with Crippen LogP contribution in [0.3, 0.4) is 0 Å².